The molecule has 0 aliphatic carbocycles. The number of carbonyl (C=O) groups is 1. The number of phosphoric acid groups is 1. The molecule has 1 unspecified atom stereocenters. The highest BCUT2D eigenvalue weighted by atomic mass is 31.2. The molecule has 0 aromatic rings. The van der Waals surface area contributed by atoms with Gasteiger partial charge in [-0.3, -0.25) is 9.36 Å². The highest BCUT2D eigenvalue weighted by Crippen LogP contribution is 2.38. The highest BCUT2D eigenvalue weighted by molar-refractivity contribution is 7.45. The largest absolute Gasteiger partial charge is 0.756 e. The summed E-state index contributed by atoms with van der Waals surface area (Å²) in [6.45, 7) is 4.71. The first-order chi connectivity index (χ1) is 23.6. The predicted molar refractivity (Wildman–Crippen MR) is 203 cm³/mol. The average Bonchev–Trinajstić information content (AvgIpc) is 3.04. The molecule has 0 aromatic carbocycles. The van der Waals surface area contributed by atoms with Gasteiger partial charge in [-0.25, -0.2) is 0 Å². The van der Waals surface area contributed by atoms with Gasteiger partial charge >= 0.3 is 5.97 Å². The smallest absolute Gasteiger partial charge is 0.306 e. The van der Waals surface area contributed by atoms with Gasteiger partial charge in [0.1, 0.15) is 19.8 Å². The molecular formula is C40H78NO7P. The molecule has 0 saturated carbocycles. The number of nitrogens with zero attached hydrogens (tertiary/aromatic N) is 1. The molecule has 0 fully saturated rings. The van der Waals surface area contributed by atoms with Crippen molar-refractivity contribution in [3.8, 4) is 0 Å². The van der Waals surface area contributed by atoms with Crippen molar-refractivity contribution in [3.05, 3.63) is 24.5 Å². The van der Waals surface area contributed by atoms with Crippen molar-refractivity contribution in [2.75, 3.05) is 47.5 Å². The SMILES string of the molecule is CCCCCC/C=C\CCCCCCCC(=O)O[C@H](CO/C=C\CCCCCCCCCCCCCC)COP(=O)([O-])OCC[N+](C)(C)C. The van der Waals surface area contributed by atoms with Gasteiger partial charge < -0.3 is 27.9 Å². The first kappa shape index (κ1) is 47.8. The summed E-state index contributed by atoms with van der Waals surface area (Å²) in [4.78, 5) is 24.9. The van der Waals surface area contributed by atoms with Crippen molar-refractivity contribution >= 4 is 13.8 Å². The van der Waals surface area contributed by atoms with Crippen LogP contribution in [0.25, 0.3) is 0 Å². The third-order valence-corrected chi connectivity index (χ3v) is 9.53. The van der Waals surface area contributed by atoms with E-state index in [0.29, 0.717) is 11.0 Å². The number of hydrogen-bond acceptors (Lipinski definition) is 7. The van der Waals surface area contributed by atoms with E-state index in [9.17, 15) is 14.3 Å². The van der Waals surface area contributed by atoms with E-state index in [2.05, 4.69) is 26.0 Å². The normalized spacial score (nSPS) is 14.1. The number of carbonyl (C=O) groups excluding carboxylic acids is 1. The molecule has 0 aliphatic rings. The Kier molecular flexibility index (Phi) is 33.1. The topological polar surface area (TPSA) is 94.1 Å². The first-order valence-electron chi connectivity index (χ1n) is 20.1. The Morgan fingerprint density at radius 3 is 1.59 bits per heavy atom. The van der Waals surface area contributed by atoms with Crippen LogP contribution >= 0.6 is 7.82 Å². The second-order valence-electron chi connectivity index (χ2n) is 14.7. The van der Waals surface area contributed by atoms with Crippen LogP contribution in [0.1, 0.15) is 174 Å². The van der Waals surface area contributed by atoms with E-state index in [1.165, 1.54) is 109 Å². The Bertz CT molecular complexity index is 843. The van der Waals surface area contributed by atoms with E-state index in [4.69, 9.17) is 18.5 Å². The van der Waals surface area contributed by atoms with Gasteiger partial charge in [0.05, 0.1) is 34.0 Å². The Morgan fingerprint density at radius 2 is 1.08 bits per heavy atom. The lowest BCUT2D eigenvalue weighted by atomic mass is 10.0. The van der Waals surface area contributed by atoms with Crippen LogP contribution < -0.4 is 4.89 Å². The summed E-state index contributed by atoms with van der Waals surface area (Å²) in [5.41, 5.74) is 0. The molecule has 8 nitrogen and oxygen atoms in total. The lowest BCUT2D eigenvalue weighted by Crippen LogP contribution is -2.37. The molecule has 290 valence electrons. The summed E-state index contributed by atoms with van der Waals surface area (Å²) >= 11 is 0. The molecule has 0 radical (unpaired) electrons. The molecule has 0 spiro atoms. The van der Waals surface area contributed by atoms with Gasteiger partial charge in [0.25, 0.3) is 7.82 Å². The molecule has 0 aliphatic heterocycles. The molecule has 0 heterocycles. The zero-order valence-corrected chi connectivity index (χ0v) is 33.5. The summed E-state index contributed by atoms with van der Waals surface area (Å²) in [6, 6.07) is 0. The minimum absolute atomic E-state index is 0.0163. The van der Waals surface area contributed by atoms with E-state index in [1.54, 1.807) is 6.26 Å². The molecule has 49 heavy (non-hydrogen) atoms. The molecule has 0 aromatic heterocycles. The van der Waals surface area contributed by atoms with Gasteiger partial charge in [0, 0.05) is 6.42 Å². The van der Waals surface area contributed by atoms with Crippen molar-refractivity contribution in [2.45, 2.75) is 180 Å². The zero-order chi connectivity index (χ0) is 36.3. The Morgan fingerprint density at radius 1 is 0.633 bits per heavy atom. The number of quaternary nitrogens is 1. The van der Waals surface area contributed by atoms with Crippen LogP contribution in [0.4, 0.5) is 0 Å². The Labute approximate surface area is 303 Å². The van der Waals surface area contributed by atoms with Gasteiger partial charge in [0.15, 0.2) is 6.10 Å². The second kappa shape index (κ2) is 33.9. The van der Waals surface area contributed by atoms with Crippen molar-refractivity contribution in [3.63, 3.8) is 0 Å². The van der Waals surface area contributed by atoms with Crippen molar-refractivity contribution in [1.29, 1.82) is 0 Å². The van der Waals surface area contributed by atoms with Crippen molar-refractivity contribution < 1.29 is 37.3 Å². The maximum absolute atomic E-state index is 12.6. The first-order valence-corrected chi connectivity index (χ1v) is 21.6. The van der Waals surface area contributed by atoms with Crippen molar-refractivity contribution in [2.24, 2.45) is 0 Å². The number of ether oxygens (including phenoxy) is 2. The average molecular weight is 716 g/mol. The minimum Gasteiger partial charge on any atom is -0.756 e. The van der Waals surface area contributed by atoms with Gasteiger partial charge in [-0.1, -0.05) is 135 Å². The van der Waals surface area contributed by atoms with Crippen LogP contribution in [0.15, 0.2) is 24.5 Å². The second-order valence-corrected chi connectivity index (χ2v) is 16.1. The van der Waals surface area contributed by atoms with Crippen LogP contribution in [0.3, 0.4) is 0 Å². The molecule has 0 N–H and O–H groups in total. The fraction of sp³-hybridized carbons (Fsp3) is 0.875. The molecular weight excluding hydrogens is 637 g/mol. The van der Waals surface area contributed by atoms with Crippen LogP contribution in [-0.2, 0) is 27.9 Å². The number of phosphoric ester groups is 1. The number of unbranched alkanes of at least 4 members (excludes halogenated alkanes) is 21. The summed E-state index contributed by atoms with van der Waals surface area (Å²) in [5.74, 6) is -0.365. The van der Waals surface area contributed by atoms with E-state index >= 15 is 0 Å². The maximum Gasteiger partial charge on any atom is 0.306 e. The predicted octanol–water partition coefficient (Wildman–Crippen LogP) is 11.0. The van der Waals surface area contributed by atoms with Crippen LogP contribution in [0, 0.1) is 0 Å². The maximum atomic E-state index is 12.6. The van der Waals surface area contributed by atoms with Gasteiger partial charge in [-0.05, 0) is 51.0 Å². The minimum atomic E-state index is -4.53. The van der Waals surface area contributed by atoms with Gasteiger partial charge in [-0.2, -0.15) is 0 Å². The number of rotatable bonds is 37. The molecule has 9 heteroatoms. The van der Waals surface area contributed by atoms with Gasteiger partial charge in [0.2, 0.25) is 0 Å². The van der Waals surface area contributed by atoms with E-state index in [0.717, 1.165) is 44.9 Å². The van der Waals surface area contributed by atoms with Crippen LogP contribution in [0.2, 0.25) is 0 Å². The fourth-order valence-corrected chi connectivity index (χ4v) is 6.12. The van der Waals surface area contributed by atoms with Gasteiger partial charge in [-0.15, -0.1) is 0 Å². The van der Waals surface area contributed by atoms with Crippen molar-refractivity contribution in [1.82, 2.24) is 0 Å². The molecule has 0 bridgehead atoms. The quantitative estimate of drug-likeness (QED) is 0.0158. The molecule has 0 amide bonds. The summed E-state index contributed by atoms with van der Waals surface area (Å²) in [6.07, 6.45) is 37.0. The summed E-state index contributed by atoms with van der Waals surface area (Å²) in [7, 11) is 1.32. The Balaban J connectivity index is 4.35. The summed E-state index contributed by atoms with van der Waals surface area (Å²) < 4.78 is 34.2. The number of allylic oxidation sites excluding steroid dienone is 3. The van der Waals surface area contributed by atoms with Crippen LogP contribution in [-0.4, -0.2) is 64.1 Å². The fourth-order valence-electron chi connectivity index (χ4n) is 5.39. The standard InChI is InChI=1S/C40H78NO7P/c1-6-8-10-12-14-16-18-20-22-24-26-28-30-32-35-45-37-39(38-47-49(43,44)46-36-34-41(3,4)5)48-40(42)33-31-29-27-25-23-21-19-17-15-13-11-9-7-2/h17,19,32,35,39H,6-16,18,20-31,33-34,36-38H2,1-5H3/b19-17-,35-32-/t39-/m1/s1. The highest BCUT2D eigenvalue weighted by Gasteiger charge is 2.20. The summed E-state index contributed by atoms with van der Waals surface area (Å²) in [5, 5.41) is 0. The lowest BCUT2D eigenvalue weighted by Gasteiger charge is -2.28. The van der Waals surface area contributed by atoms with Crippen LogP contribution in [0.5, 0.6) is 0 Å². The monoisotopic (exact) mass is 716 g/mol. The van der Waals surface area contributed by atoms with E-state index in [1.807, 2.05) is 27.2 Å². The number of esters is 1. The molecule has 0 rings (SSSR count). The lowest BCUT2D eigenvalue weighted by molar-refractivity contribution is -0.870. The third-order valence-electron chi connectivity index (χ3n) is 8.57. The Hall–Kier alpha value is -1.18. The third kappa shape index (κ3) is 37.9. The van der Waals surface area contributed by atoms with E-state index < -0.39 is 13.9 Å². The number of hydrogen-bond donors (Lipinski definition) is 0. The number of likely N-dealkylation sites (N-methyl/N-ethyl adjacent to an activating group) is 1. The molecule has 0 saturated heterocycles. The van der Waals surface area contributed by atoms with E-state index in [-0.39, 0.29) is 32.2 Å². The molecule has 2 atom stereocenters. The zero-order valence-electron chi connectivity index (χ0n) is 32.6.